The van der Waals surface area contributed by atoms with Crippen molar-refractivity contribution < 1.29 is 4.79 Å². The molecular formula is C19H30BrIN4O. The van der Waals surface area contributed by atoms with E-state index in [1.807, 2.05) is 6.07 Å². The van der Waals surface area contributed by atoms with Crippen molar-refractivity contribution in [2.24, 2.45) is 16.6 Å². The number of hydrogen-bond donors (Lipinski definition) is 2. The summed E-state index contributed by atoms with van der Waals surface area (Å²) in [6, 6.07) is 8.43. The molecule has 146 valence electrons. The van der Waals surface area contributed by atoms with Crippen LogP contribution in [0.2, 0.25) is 0 Å². The molecule has 1 fully saturated rings. The number of halogens is 2. The van der Waals surface area contributed by atoms with Gasteiger partial charge in [0.05, 0.1) is 0 Å². The number of nitrogens with zero attached hydrogens (tertiary/aromatic N) is 2. The highest BCUT2D eigenvalue weighted by molar-refractivity contribution is 14.0. The van der Waals surface area contributed by atoms with Gasteiger partial charge in [0, 0.05) is 37.1 Å². The van der Waals surface area contributed by atoms with Crippen molar-refractivity contribution in [3.05, 3.63) is 34.3 Å². The highest BCUT2D eigenvalue weighted by Gasteiger charge is 2.23. The van der Waals surface area contributed by atoms with E-state index in [4.69, 9.17) is 10.7 Å². The fourth-order valence-electron chi connectivity index (χ4n) is 3.30. The molecule has 1 atom stereocenters. The van der Waals surface area contributed by atoms with Crippen LogP contribution in [0.5, 0.6) is 0 Å². The first-order valence-corrected chi connectivity index (χ1v) is 9.93. The molecular weight excluding hydrogens is 507 g/mol. The number of nitrogens with two attached hydrogens (primary N) is 1. The van der Waals surface area contributed by atoms with E-state index < -0.39 is 0 Å². The molecule has 0 saturated carbocycles. The summed E-state index contributed by atoms with van der Waals surface area (Å²) in [5.41, 5.74) is 6.69. The van der Waals surface area contributed by atoms with Crippen LogP contribution in [0.25, 0.3) is 0 Å². The third-order valence-electron chi connectivity index (χ3n) is 4.42. The highest BCUT2D eigenvalue weighted by atomic mass is 127. The van der Waals surface area contributed by atoms with Crippen molar-refractivity contribution in [1.29, 1.82) is 0 Å². The zero-order chi connectivity index (χ0) is 18.1. The molecule has 1 heterocycles. The van der Waals surface area contributed by atoms with Crippen molar-refractivity contribution in [3.8, 4) is 0 Å². The van der Waals surface area contributed by atoms with Gasteiger partial charge in [-0.15, -0.1) is 24.0 Å². The van der Waals surface area contributed by atoms with Crippen molar-refractivity contribution in [2.75, 3.05) is 26.2 Å². The van der Waals surface area contributed by atoms with E-state index in [9.17, 15) is 4.79 Å². The molecule has 0 aromatic heterocycles. The Kier molecular flexibility index (Phi) is 11.2. The van der Waals surface area contributed by atoms with Crippen LogP contribution in [0.1, 0.15) is 38.2 Å². The predicted molar refractivity (Wildman–Crippen MR) is 122 cm³/mol. The van der Waals surface area contributed by atoms with Crippen molar-refractivity contribution in [3.63, 3.8) is 0 Å². The minimum atomic E-state index is -0.206. The Balaban J connectivity index is 0.00000338. The zero-order valence-corrected chi connectivity index (χ0v) is 19.3. The normalized spacial score (nSPS) is 17.5. The first kappa shape index (κ1) is 23.2. The molecule has 1 aliphatic heterocycles. The van der Waals surface area contributed by atoms with Crippen LogP contribution in [0.4, 0.5) is 0 Å². The number of likely N-dealkylation sites (tertiary alicyclic amines) is 1. The van der Waals surface area contributed by atoms with E-state index in [-0.39, 0.29) is 29.9 Å². The number of carbonyl (C=O) groups excluding carboxylic acids is 1. The summed E-state index contributed by atoms with van der Waals surface area (Å²) in [6.07, 6.45) is 4.66. The monoisotopic (exact) mass is 536 g/mol. The van der Waals surface area contributed by atoms with Crippen molar-refractivity contribution in [1.82, 2.24) is 10.2 Å². The highest BCUT2D eigenvalue weighted by Crippen LogP contribution is 2.19. The van der Waals surface area contributed by atoms with Gasteiger partial charge in [-0.05, 0) is 56.2 Å². The maximum atomic E-state index is 11.2. The van der Waals surface area contributed by atoms with Crippen LogP contribution in [0, 0.1) is 5.92 Å². The molecule has 26 heavy (non-hydrogen) atoms. The van der Waals surface area contributed by atoms with Crippen molar-refractivity contribution >= 4 is 51.8 Å². The fourth-order valence-corrected chi connectivity index (χ4v) is 3.74. The fraction of sp³-hybridized carbons (Fsp3) is 0.579. The van der Waals surface area contributed by atoms with Crippen LogP contribution >= 0.6 is 39.9 Å². The lowest BCUT2D eigenvalue weighted by atomic mass is 9.95. The number of benzene rings is 1. The van der Waals surface area contributed by atoms with E-state index in [1.165, 1.54) is 5.56 Å². The van der Waals surface area contributed by atoms with Crippen LogP contribution in [0.15, 0.2) is 33.7 Å². The summed E-state index contributed by atoms with van der Waals surface area (Å²) >= 11 is 3.51. The number of amides is 1. The molecule has 7 heteroatoms. The van der Waals surface area contributed by atoms with Gasteiger partial charge in [-0.2, -0.15) is 0 Å². The second-order valence-corrected chi connectivity index (χ2v) is 7.51. The lowest BCUT2D eigenvalue weighted by Crippen LogP contribution is -2.47. The number of hydrogen-bond acceptors (Lipinski definition) is 2. The molecule has 5 nitrogen and oxygen atoms in total. The average Bonchev–Trinajstić information content (AvgIpc) is 2.57. The molecule has 3 N–H and O–H groups in total. The number of aliphatic imine (C=N–C) groups is 1. The minimum Gasteiger partial charge on any atom is -0.370 e. The number of nitrogens with one attached hydrogen (secondary N) is 1. The van der Waals surface area contributed by atoms with E-state index in [0.717, 1.165) is 62.3 Å². The number of primary amides is 1. The molecule has 0 bridgehead atoms. The Morgan fingerprint density at radius 1 is 1.46 bits per heavy atom. The smallest absolute Gasteiger partial charge is 0.217 e. The van der Waals surface area contributed by atoms with E-state index in [1.54, 1.807) is 0 Å². The summed E-state index contributed by atoms with van der Waals surface area (Å²) in [6.45, 7) is 5.59. The van der Waals surface area contributed by atoms with Gasteiger partial charge < -0.3 is 16.0 Å². The quantitative estimate of drug-likeness (QED) is 0.242. The minimum absolute atomic E-state index is 0. The second-order valence-electron chi connectivity index (χ2n) is 6.59. The van der Waals surface area contributed by atoms with Gasteiger partial charge in [-0.3, -0.25) is 9.79 Å². The SMILES string of the molecule is CCNC(=NCCCc1cccc(Br)c1)N1CCCC(CC(N)=O)C1.I. The molecule has 1 amide bonds. The third-order valence-corrected chi connectivity index (χ3v) is 4.91. The molecule has 1 aromatic rings. The number of aryl methyl sites for hydroxylation is 1. The van der Waals surface area contributed by atoms with Gasteiger partial charge in [0.25, 0.3) is 0 Å². The standard InChI is InChI=1S/C19H29BrN4O.HI/c1-2-22-19(24-11-5-8-16(14-24)13-18(21)25)23-10-4-7-15-6-3-9-17(20)12-15;/h3,6,9,12,16H,2,4-5,7-8,10-11,13-14H2,1H3,(H2,21,25)(H,22,23);1H. The van der Waals surface area contributed by atoms with E-state index >= 15 is 0 Å². The van der Waals surface area contributed by atoms with Crippen LogP contribution in [-0.2, 0) is 11.2 Å². The predicted octanol–water partition coefficient (Wildman–Crippen LogP) is 3.55. The molecule has 1 aromatic carbocycles. The maximum absolute atomic E-state index is 11.2. The molecule has 1 aliphatic rings. The zero-order valence-electron chi connectivity index (χ0n) is 15.4. The topological polar surface area (TPSA) is 70.7 Å². The molecule has 2 rings (SSSR count). The largest absolute Gasteiger partial charge is 0.370 e. The van der Waals surface area contributed by atoms with Gasteiger partial charge in [0.1, 0.15) is 0 Å². The van der Waals surface area contributed by atoms with Crippen LogP contribution in [0.3, 0.4) is 0 Å². The van der Waals surface area contributed by atoms with Gasteiger partial charge in [0.2, 0.25) is 5.91 Å². The molecule has 1 unspecified atom stereocenters. The summed E-state index contributed by atoms with van der Waals surface area (Å²) in [5.74, 6) is 1.10. The van der Waals surface area contributed by atoms with Gasteiger partial charge in [0.15, 0.2) is 5.96 Å². The first-order chi connectivity index (χ1) is 12.1. The summed E-state index contributed by atoms with van der Waals surface area (Å²) < 4.78 is 1.12. The lowest BCUT2D eigenvalue weighted by Gasteiger charge is -2.34. The average molecular weight is 537 g/mol. The summed E-state index contributed by atoms with van der Waals surface area (Å²) in [5, 5.41) is 3.39. The van der Waals surface area contributed by atoms with Gasteiger partial charge >= 0.3 is 0 Å². The molecule has 0 radical (unpaired) electrons. The van der Waals surface area contributed by atoms with Gasteiger partial charge in [-0.1, -0.05) is 28.1 Å². The Morgan fingerprint density at radius 3 is 2.96 bits per heavy atom. The number of rotatable bonds is 7. The molecule has 0 aliphatic carbocycles. The van der Waals surface area contributed by atoms with Gasteiger partial charge in [-0.25, -0.2) is 0 Å². The van der Waals surface area contributed by atoms with E-state index in [2.05, 4.69) is 51.3 Å². The molecule has 0 spiro atoms. The molecule has 1 saturated heterocycles. The Labute approximate surface area is 182 Å². The number of guanidine groups is 1. The van der Waals surface area contributed by atoms with Crippen LogP contribution < -0.4 is 11.1 Å². The third kappa shape index (κ3) is 8.24. The lowest BCUT2D eigenvalue weighted by molar-refractivity contribution is -0.119. The van der Waals surface area contributed by atoms with Crippen molar-refractivity contribution in [2.45, 2.75) is 39.0 Å². The summed E-state index contributed by atoms with van der Waals surface area (Å²) in [4.78, 5) is 18.3. The number of piperidine rings is 1. The Hall–Kier alpha value is -0.830. The first-order valence-electron chi connectivity index (χ1n) is 9.14. The Morgan fingerprint density at radius 2 is 2.27 bits per heavy atom. The number of carbonyl (C=O) groups is 1. The summed E-state index contributed by atoms with van der Waals surface area (Å²) in [7, 11) is 0. The second kappa shape index (κ2) is 12.5. The van der Waals surface area contributed by atoms with Crippen LogP contribution in [-0.4, -0.2) is 42.9 Å². The Bertz CT molecular complexity index is 597. The van der Waals surface area contributed by atoms with E-state index in [0.29, 0.717) is 12.3 Å². The maximum Gasteiger partial charge on any atom is 0.217 e.